The van der Waals surface area contributed by atoms with Gasteiger partial charge in [-0.05, 0) is 25.0 Å². The molecule has 1 fully saturated rings. The minimum Gasteiger partial charge on any atom is -0.398 e. The summed E-state index contributed by atoms with van der Waals surface area (Å²) in [4.78, 5) is 18.3. The number of nitrogen functional groups attached to an aromatic ring is 1. The number of aliphatic hydroxyl groups is 1. The van der Waals surface area contributed by atoms with Crippen molar-refractivity contribution in [1.82, 2.24) is 24.9 Å². The number of benzene rings is 1. The standard InChI is InChI=1S/C22H23ClFN7O2/c1-30(2)21(33)16-13(25)4-3-11(19(16)24)12-9-26-20-17(18(12)23)22(10-27-20)7-14(15(32)8-22)31-6-5-28-29-31/h3-6,9,14-15,32H,7-8,10,25H2,1-2H3,(H,26,27)/t14-,15+,22+/m0/s1. The van der Waals surface area contributed by atoms with Crippen LogP contribution in [-0.2, 0) is 5.41 Å². The van der Waals surface area contributed by atoms with Gasteiger partial charge in [-0.1, -0.05) is 16.8 Å². The summed E-state index contributed by atoms with van der Waals surface area (Å²) in [7, 11) is 3.06. The van der Waals surface area contributed by atoms with Gasteiger partial charge in [0.25, 0.3) is 5.91 Å². The lowest BCUT2D eigenvalue weighted by molar-refractivity contribution is 0.0824. The number of carbonyl (C=O) groups excluding carboxylic acids is 1. The van der Waals surface area contributed by atoms with E-state index in [1.54, 1.807) is 17.1 Å². The third-order valence-electron chi connectivity index (χ3n) is 6.65. The number of nitrogens with two attached hydrogens (primary N) is 1. The van der Waals surface area contributed by atoms with Gasteiger partial charge in [0.1, 0.15) is 11.6 Å². The number of pyridine rings is 1. The van der Waals surface area contributed by atoms with Crippen LogP contribution in [0.5, 0.6) is 0 Å². The van der Waals surface area contributed by atoms with Crippen LogP contribution in [0.15, 0.2) is 30.7 Å². The molecule has 1 spiro atoms. The average molecular weight is 472 g/mol. The monoisotopic (exact) mass is 471 g/mol. The smallest absolute Gasteiger partial charge is 0.258 e. The van der Waals surface area contributed by atoms with E-state index >= 15 is 4.39 Å². The predicted molar refractivity (Wildman–Crippen MR) is 122 cm³/mol. The number of hydrogen-bond donors (Lipinski definition) is 3. The molecule has 5 rings (SSSR count). The molecule has 1 aliphatic carbocycles. The molecule has 3 aromatic rings. The van der Waals surface area contributed by atoms with Crippen LogP contribution in [0.1, 0.15) is 34.8 Å². The van der Waals surface area contributed by atoms with Crippen molar-refractivity contribution in [3.05, 3.63) is 52.7 Å². The molecule has 3 heterocycles. The summed E-state index contributed by atoms with van der Waals surface area (Å²) >= 11 is 6.90. The van der Waals surface area contributed by atoms with Crippen LogP contribution in [0, 0.1) is 5.82 Å². The molecule has 33 heavy (non-hydrogen) atoms. The van der Waals surface area contributed by atoms with E-state index in [1.165, 1.54) is 37.3 Å². The van der Waals surface area contributed by atoms with E-state index in [2.05, 4.69) is 20.6 Å². The highest BCUT2D eigenvalue weighted by Gasteiger charge is 2.52. The maximum atomic E-state index is 15.6. The van der Waals surface area contributed by atoms with Crippen molar-refractivity contribution in [3.63, 3.8) is 0 Å². The molecule has 0 saturated heterocycles. The highest BCUT2D eigenvalue weighted by molar-refractivity contribution is 6.34. The van der Waals surface area contributed by atoms with E-state index in [1.807, 2.05) is 0 Å². The molecule has 1 aliphatic heterocycles. The number of nitrogens with zero attached hydrogens (tertiary/aromatic N) is 5. The summed E-state index contributed by atoms with van der Waals surface area (Å²) in [6.45, 7) is 0.537. The topological polar surface area (TPSA) is 122 Å². The Kier molecular flexibility index (Phi) is 5.02. The van der Waals surface area contributed by atoms with Gasteiger partial charge in [-0.25, -0.2) is 14.1 Å². The number of anilines is 2. The molecular weight excluding hydrogens is 449 g/mol. The lowest BCUT2D eigenvalue weighted by Crippen LogP contribution is -2.26. The largest absolute Gasteiger partial charge is 0.398 e. The first-order chi connectivity index (χ1) is 15.7. The molecular formula is C22H23ClFN7O2. The third kappa shape index (κ3) is 3.24. The zero-order valence-corrected chi connectivity index (χ0v) is 18.8. The molecule has 2 aromatic heterocycles. The van der Waals surface area contributed by atoms with E-state index in [0.29, 0.717) is 35.8 Å². The minimum absolute atomic E-state index is 0.0490. The van der Waals surface area contributed by atoms with Crippen LogP contribution in [0.4, 0.5) is 15.9 Å². The van der Waals surface area contributed by atoms with Crippen LogP contribution in [0.2, 0.25) is 5.02 Å². The van der Waals surface area contributed by atoms with Crippen molar-refractivity contribution in [2.75, 3.05) is 31.7 Å². The van der Waals surface area contributed by atoms with Crippen molar-refractivity contribution in [1.29, 1.82) is 0 Å². The maximum Gasteiger partial charge on any atom is 0.258 e. The van der Waals surface area contributed by atoms with E-state index in [-0.39, 0.29) is 22.9 Å². The second-order valence-corrected chi connectivity index (χ2v) is 9.24. The second-order valence-electron chi connectivity index (χ2n) is 8.86. The summed E-state index contributed by atoms with van der Waals surface area (Å²) in [5.41, 5.74) is 6.50. The number of hydrogen-bond acceptors (Lipinski definition) is 7. The van der Waals surface area contributed by atoms with Crippen LogP contribution in [0.3, 0.4) is 0 Å². The molecule has 1 aromatic carbocycles. The van der Waals surface area contributed by atoms with Crippen LogP contribution < -0.4 is 11.1 Å². The summed E-state index contributed by atoms with van der Waals surface area (Å²) in [5, 5.41) is 22.3. The zero-order chi connectivity index (χ0) is 23.5. The fourth-order valence-electron chi connectivity index (χ4n) is 5.04. The second kappa shape index (κ2) is 7.67. The Hall–Kier alpha value is -3.24. The Morgan fingerprint density at radius 3 is 2.85 bits per heavy atom. The Morgan fingerprint density at radius 2 is 2.15 bits per heavy atom. The maximum absolute atomic E-state index is 15.6. The molecule has 0 radical (unpaired) electrons. The summed E-state index contributed by atoms with van der Waals surface area (Å²) < 4.78 is 17.2. The van der Waals surface area contributed by atoms with Crippen LogP contribution in [0.25, 0.3) is 11.1 Å². The number of aliphatic hydroxyl groups excluding tert-OH is 1. The zero-order valence-electron chi connectivity index (χ0n) is 18.1. The Morgan fingerprint density at radius 1 is 1.36 bits per heavy atom. The number of halogens is 2. The first-order valence-corrected chi connectivity index (χ1v) is 10.9. The fourth-order valence-corrected chi connectivity index (χ4v) is 5.49. The quantitative estimate of drug-likeness (QED) is 0.501. The molecule has 3 atom stereocenters. The van der Waals surface area contributed by atoms with Crippen molar-refractivity contribution in [2.45, 2.75) is 30.4 Å². The first kappa shape index (κ1) is 21.6. The minimum atomic E-state index is -0.746. The summed E-state index contributed by atoms with van der Waals surface area (Å²) in [5.74, 6) is -0.676. The van der Waals surface area contributed by atoms with Crippen LogP contribution >= 0.6 is 11.6 Å². The van der Waals surface area contributed by atoms with Gasteiger partial charge in [0.05, 0.1) is 28.9 Å². The molecule has 0 bridgehead atoms. The molecule has 0 unspecified atom stereocenters. The van der Waals surface area contributed by atoms with E-state index in [9.17, 15) is 9.90 Å². The van der Waals surface area contributed by atoms with Gasteiger partial charge in [-0.15, -0.1) is 5.10 Å². The first-order valence-electron chi connectivity index (χ1n) is 10.5. The van der Waals surface area contributed by atoms with Crippen LogP contribution in [-0.4, -0.2) is 62.6 Å². The van der Waals surface area contributed by atoms with Crippen molar-refractivity contribution < 1.29 is 14.3 Å². The Labute approximate surface area is 194 Å². The number of amides is 1. The third-order valence-corrected chi connectivity index (χ3v) is 7.04. The van der Waals surface area contributed by atoms with Gasteiger partial charge in [-0.3, -0.25) is 4.79 Å². The van der Waals surface area contributed by atoms with E-state index < -0.39 is 23.2 Å². The van der Waals surface area contributed by atoms with E-state index in [4.69, 9.17) is 17.3 Å². The molecule has 1 amide bonds. The van der Waals surface area contributed by atoms with Gasteiger partial charge in [0.15, 0.2) is 0 Å². The normalized spacial score (nSPS) is 23.5. The molecule has 172 valence electrons. The number of carbonyl (C=O) groups is 1. The summed E-state index contributed by atoms with van der Waals surface area (Å²) in [6.07, 6.45) is 5.14. The van der Waals surface area contributed by atoms with Crippen molar-refractivity contribution >= 4 is 29.0 Å². The number of rotatable bonds is 3. The average Bonchev–Trinajstić information content (AvgIpc) is 3.49. The molecule has 4 N–H and O–H groups in total. The Bertz CT molecular complexity index is 1250. The predicted octanol–water partition coefficient (Wildman–Crippen LogP) is 2.48. The fraction of sp³-hybridized carbons (Fsp3) is 0.364. The number of nitrogens with one attached hydrogen (secondary N) is 1. The molecule has 11 heteroatoms. The highest BCUT2D eigenvalue weighted by Crippen LogP contribution is 2.54. The number of fused-ring (bicyclic) bond motifs is 2. The van der Waals surface area contributed by atoms with Gasteiger partial charge in [-0.2, -0.15) is 0 Å². The Balaban J connectivity index is 1.61. The van der Waals surface area contributed by atoms with Crippen molar-refractivity contribution in [3.8, 4) is 11.1 Å². The highest BCUT2D eigenvalue weighted by atomic mass is 35.5. The molecule has 1 saturated carbocycles. The van der Waals surface area contributed by atoms with Gasteiger partial charge < -0.3 is 21.1 Å². The van der Waals surface area contributed by atoms with Gasteiger partial charge in [0, 0.05) is 60.8 Å². The van der Waals surface area contributed by atoms with Gasteiger partial charge in [0.2, 0.25) is 0 Å². The molecule has 2 aliphatic rings. The molecule has 9 nitrogen and oxygen atoms in total. The van der Waals surface area contributed by atoms with Gasteiger partial charge >= 0.3 is 0 Å². The number of aromatic nitrogens is 4. The lowest BCUT2D eigenvalue weighted by Gasteiger charge is -2.25. The SMILES string of the molecule is CN(C)C(=O)c1c(N)ccc(-c2cnc3c(c2Cl)[C@@]2(CN3)C[C@@H](O)[C@@H](n3ccnn3)C2)c1F. The summed E-state index contributed by atoms with van der Waals surface area (Å²) in [6, 6.07) is 2.73. The van der Waals surface area contributed by atoms with E-state index in [0.717, 1.165) is 5.56 Å². The van der Waals surface area contributed by atoms with Crippen molar-refractivity contribution in [2.24, 2.45) is 0 Å². The lowest BCUT2D eigenvalue weighted by atomic mass is 9.80.